The maximum Gasteiger partial charge on any atom is 0.148 e. The number of fused-ring (bicyclic) bond motifs is 1. The molecule has 2 nitrogen and oxygen atoms in total. The van der Waals surface area contributed by atoms with E-state index in [9.17, 15) is 9.50 Å². The standard InChI is InChI=1S/C10H12FNO/c11-10(6-12)4-3-7-1-2-8(13)5-9(7)10/h1-2,5,13H,3-4,6,12H2. The number of rotatable bonds is 1. The minimum absolute atomic E-state index is 0.0105. The Morgan fingerprint density at radius 2 is 2.31 bits per heavy atom. The second-order valence-electron chi connectivity index (χ2n) is 3.51. The topological polar surface area (TPSA) is 46.2 Å². The normalized spacial score (nSPS) is 26.0. The number of alkyl halides is 1. The van der Waals surface area contributed by atoms with Gasteiger partial charge in [0.15, 0.2) is 0 Å². The monoisotopic (exact) mass is 181 g/mol. The van der Waals surface area contributed by atoms with Crippen LogP contribution in [-0.4, -0.2) is 11.7 Å². The minimum Gasteiger partial charge on any atom is -0.508 e. The Morgan fingerprint density at radius 3 is 3.00 bits per heavy atom. The van der Waals surface area contributed by atoms with Gasteiger partial charge in [-0.2, -0.15) is 0 Å². The third-order valence-electron chi connectivity index (χ3n) is 2.69. The van der Waals surface area contributed by atoms with Gasteiger partial charge in [0.2, 0.25) is 0 Å². The van der Waals surface area contributed by atoms with E-state index in [0.717, 1.165) is 5.56 Å². The van der Waals surface area contributed by atoms with Gasteiger partial charge in [0.25, 0.3) is 0 Å². The fraction of sp³-hybridized carbons (Fsp3) is 0.400. The number of phenolic OH excluding ortho intramolecular Hbond substituents is 1. The smallest absolute Gasteiger partial charge is 0.148 e. The zero-order valence-corrected chi connectivity index (χ0v) is 7.26. The average Bonchev–Trinajstić information content (AvgIpc) is 2.45. The summed E-state index contributed by atoms with van der Waals surface area (Å²) < 4.78 is 14.0. The molecule has 13 heavy (non-hydrogen) atoms. The number of hydrogen-bond donors (Lipinski definition) is 2. The van der Waals surface area contributed by atoms with E-state index in [4.69, 9.17) is 5.73 Å². The van der Waals surface area contributed by atoms with Crippen molar-refractivity contribution in [2.45, 2.75) is 18.5 Å². The molecule has 0 aromatic heterocycles. The molecule has 1 atom stereocenters. The zero-order valence-electron chi connectivity index (χ0n) is 7.26. The third kappa shape index (κ3) is 1.20. The molecule has 1 unspecified atom stereocenters. The van der Waals surface area contributed by atoms with Gasteiger partial charge in [-0.15, -0.1) is 0 Å². The van der Waals surface area contributed by atoms with Gasteiger partial charge < -0.3 is 10.8 Å². The summed E-state index contributed by atoms with van der Waals surface area (Å²) in [5.41, 5.74) is 5.48. The number of halogens is 1. The van der Waals surface area contributed by atoms with Crippen molar-refractivity contribution in [3.8, 4) is 5.75 Å². The van der Waals surface area contributed by atoms with Crippen molar-refractivity contribution in [2.24, 2.45) is 5.73 Å². The highest BCUT2D eigenvalue weighted by Crippen LogP contribution is 2.40. The zero-order chi connectivity index (χ0) is 9.47. The molecule has 1 aromatic rings. The molecule has 0 saturated carbocycles. The molecule has 0 amide bonds. The average molecular weight is 181 g/mol. The summed E-state index contributed by atoms with van der Waals surface area (Å²) in [7, 11) is 0. The van der Waals surface area contributed by atoms with Crippen LogP contribution in [-0.2, 0) is 12.1 Å². The number of nitrogens with two attached hydrogens (primary N) is 1. The van der Waals surface area contributed by atoms with E-state index in [0.29, 0.717) is 18.4 Å². The Bertz CT molecular complexity index is 340. The van der Waals surface area contributed by atoms with Gasteiger partial charge in [0.1, 0.15) is 11.4 Å². The number of hydrogen-bond acceptors (Lipinski definition) is 2. The quantitative estimate of drug-likeness (QED) is 0.689. The lowest BCUT2D eigenvalue weighted by molar-refractivity contribution is 0.177. The molecule has 2 rings (SSSR count). The summed E-state index contributed by atoms with van der Waals surface area (Å²) in [6.45, 7) is -0.0105. The van der Waals surface area contributed by atoms with Crippen LogP contribution in [0.4, 0.5) is 4.39 Å². The molecule has 0 saturated heterocycles. The summed E-state index contributed by atoms with van der Waals surface area (Å²) in [6, 6.07) is 4.83. The fourth-order valence-electron chi connectivity index (χ4n) is 1.88. The second-order valence-corrected chi connectivity index (χ2v) is 3.51. The fourth-order valence-corrected chi connectivity index (χ4v) is 1.88. The van der Waals surface area contributed by atoms with Crippen molar-refractivity contribution >= 4 is 0 Å². The SMILES string of the molecule is NCC1(F)CCc2ccc(O)cc21. The van der Waals surface area contributed by atoms with Crippen LogP contribution < -0.4 is 5.73 Å². The van der Waals surface area contributed by atoms with Crippen LogP contribution in [0, 0.1) is 0 Å². The van der Waals surface area contributed by atoms with Crippen molar-refractivity contribution < 1.29 is 9.50 Å². The molecular formula is C10H12FNO. The molecule has 0 bridgehead atoms. The summed E-state index contributed by atoms with van der Waals surface area (Å²) >= 11 is 0. The van der Waals surface area contributed by atoms with E-state index in [2.05, 4.69) is 0 Å². The van der Waals surface area contributed by atoms with Crippen LogP contribution in [0.1, 0.15) is 17.5 Å². The maximum absolute atomic E-state index is 14.0. The molecule has 1 aliphatic carbocycles. The molecule has 3 N–H and O–H groups in total. The predicted molar refractivity (Wildman–Crippen MR) is 48.3 cm³/mol. The Balaban J connectivity index is 2.52. The molecule has 1 aliphatic rings. The third-order valence-corrected chi connectivity index (χ3v) is 2.69. The summed E-state index contributed by atoms with van der Waals surface area (Å²) in [5, 5.41) is 9.22. The summed E-state index contributed by atoms with van der Waals surface area (Å²) in [5.74, 6) is 0.108. The molecule has 0 fully saturated rings. The largest absolute Gasteiger partial charge is 0.508 e. The van der Waals surface area contributed by atoms with Gasteiger partial charge in [0, 0.05) is 6.54 Å². The van der Waals surface area contributed by atoms with Gasteiger partial charge in [0.05, 0.1) is 0 Å². The number of aromatic hydroxyl groups is 1. The molecule has 0 spiro atoms. The van der Waals surface area contributed by atoms with Gasteiger partial charge in [-0.05, 0) is 36.1 Å². The minimum atomic E-state index is -1.42. The van der Waals surface area contributed by atoms with Crippen molar-refractivity contribution in [3.05, 3.63) is 29.3 Å². The van der Waals surface area contributed by atoms with E-state index < -0.39 is 5.67 Å². The lowest BCUT2D eigenvalue weighted by Gasteiger charge is -2.18. The van der Waals surface area contributed by atoms with Gasteiger partial charge in [-0.25, -0.2) is 4.39 Å². The second kappa shape index (κ2) is 2.70. The maximum atomic E-state index is 14.0. The Kier molecular flexibility index (Phi) is 1.77. The van der Waals surface area contributed by atoms with Crippen LogP contribution in [0.5, 0.6) is 5.75 Å². The first-order valence-electron chi connectivity index (χ1n) is 4.37. The Morgan fingerprint density at radius 1 is 1.54 bits per heavy atom. The lowest BCUT2D eigenvalue weighted by Crippen LogP contribution is -2.27. The highest BCUT2D eigenvalue weighted by atomic mass is 19.1. The first-order valence-corrected chi connectivity index (χ1v) is 4.37. The predicted octanol–water partition coefficient (Wildman–Crippen LogP) is 1.46. The first kappa shape index (κ1) is 8.51. The van der Waals surface area contributed by atoms with Crippen LogP contribution in [0.2, 0.25) is 0 Å². The van der Waals surface area contributed by atoms with Crippen molar-refractivity contribution in [3.63, 3.8) is 0 Å². The van der Waals surface area contributed by atoms with Gasteiger partial charge in [-0.3, -0.25) is 0 Å². The van der Waals surface area contributed by atoms with Crippen molar-refractivity contribution in [2.75, 3.05) is 6.54 Å². The number of benzene rings is 1. The van der Waals surface area contributed by atoms with E-state index in [1.165, 1.54) is 6.07 Å². The van der Waals surface area contributed by atoms with Crippen LogP contribution in [0.15, 0.2) is 18.2 Å². The molecule has 0 aliphatic heterocycles. The van der Waals surface area contributed by atoms with Crippen molar-refractivity contribution in [1.82, 2.24) is 0 Å². The van der Waals surface area contributed by atoms with Crippen LogP contribution in [0.3, 0.4) is 0 Å². The van der Waals surface area contributed by atoms with E-state index in [1.54, 1.807) is 12.1 Å². The Labute approximate surface area is 76.2 Å². The van der Waals surface area contributed by atoms with Gasteiger partial charge in [-0.1, -0.05) is 6.07 Å². The van der Waals surface area contributed by atoms with E-state index >= 15 is 0 Å². The number of phenols is 1. The van der Waals surface area contributed by atoms with Crippen molar-refractivity contribution in [1.29, 1.82) is 0 Å². The highest BCUT2D eigenvalue weighted by Gasteiger charge is 2.37. The molecule has 0 heterocycles. The molecule has 0 radical (unpaired) electrons. The van der Waals surface area contributed by atoms with E-state index in [1.807, 2.05) is 0 Å². The summed E-state index contributed by atoms with van der Waals surface area (Å²) in [4.78, 5) is 0. The van der Waals surface area contributed by atoms with E-state index in [-0.39, 0.29) is 12.3 Å². The Hall–Kier alpha value is -1.09. The van der Waals surface area contributed by atoms with Gasteiger partial charge >= 0.3 is 0 Å². The molecular weight excluding hydrogens is 169 g/mol. The molecule has 1 aromatic carbocycles. The molecule has 70 valence electrons. The first-order chi connectivity index (χ1) is 6.15. The highest BCUT2D eigenvalue weighted by molar-refractivity contribution is 5.42. The lowest BCUT2D eigenvalue weighted by atomic mass is 9.98. The van der Waals surface area contributed by atoms with Crippen LogP contribution >= 0.6 is 0 Å². The van der Waals surface area contributed by atoms with Crippen LogP contribution in [0.25, 0.3) is 0 Å². The summed E-state index contributed by atoms with van der Waals surface area (Å²) in [6.07, 6.45) is 1.14. The molecule has 3 heteroatoms. The number of aryl methyl sites for hydroxylation is 1.